The maximum atomic E-state index is 12.8. The van der Waals surface area contributed by atoms with Crippen molar-refractivity contribution in [2.24, 2.45) is 0 Å². The fourth-order valence-corrected chi connectivity index (χ4v) is 3.84. The smallest absolute Gasteiger partial charge is 0.414 e. The number of nitrogens with one attached hydrogen (secondary N) is 1. The van der Waals surface area contributed by atoms with Crippen molar-refractivity contribution in [3.05, 3.63) is 64.7 Å². The Morgan fingerprint density at radius 2 is 1.97 bits per heavy atom. The zero-order chi connectivity index (χ0) is 20.8. The Balaban J connectivity index is 1.75. The number of halogens is 1. The van der Waals surface area contributed by atoms with E-state index >= 15 is 0 Å². The number of cyclic esters (lactones) is 1. The van der Waals surface area contributed by atoms with Gasteiger partial charge in [-0.05, 0) is 42.9 Å². The monoisotopic (exact) mass is 415 g/mol. The van der Waals surface area contributed by atoms with Crippen LogP contribution in [0.25, 0.3) is 0 Å². The van der Waals surface area contributed by atoms with Crippen LogP contribution in [0.2, 0.25) is 5.02 Å². The number of benzene rings is 2. The third kappa shape index (κ3) is 4.89. The highest BCUT2D eigenvalue weighted by Crippen LogP contribution is 2.27. The first-order valence-corrected chi connectivity index (χ1v) is 10.2. The molecule has 1 unspecified atom stereocenters. The van der Waals surface area contributed by atoms with E-state index in [1.54, 1.807) is 24.3 Å². The van der Waals surface area contributed by atoms with Gasteiger partial charge in [-0.3, -0.25) is 14.6 Å². The molecule has 1 saturated heterocycles. The second-order valence-electron chi connectivity index (χ2n) is 6.78. The molecule has 1 N–H and O–H groups in total. The molecule has 29 heavy (non-hydrogen) atoms. The number of ether oxygens (including phenoxy) is 1. The molecule has 0 bridgehead atoms. The summed E-state index contributed by atoms with van der Waals surface area (Å²) in [5.74, 6) is -0.191. The van der Waals surface area contributed by atoms with E-state index in [-0.39, 0.29) is 18.0 Å². The Morgan fingerprint density at radius 3 is 2.62 bits per heavy atom. The van der Waals surface area contributed by atoms with Gasteiger partial charge in [0.1, 0.15) is 6.61 Å². The van der Waals surface area contributed by atoms with Crippen LogP contribution in [0.1, 0.15) is 35.8 Å². The number of carbonyl (C=O) groups excluding carboxylic acids is 2. The van der Waals surface area contributed by atoms with Gasteiger partial charge in [0.05, 0.1) is 12.6 Å². The second kappa shape index (κ2) is 9.76. The van der Waals surface area contributed by atoms with Crippen LogP contribution < -0.4 is 10.2 Å². The second-order valence-corrected chi connectivity index (χ2v) is 7.19. The van der Waals surface area contributed by atoms with Crippen molar-refractivity contribution in [2.45, 2.75) is 19.9 Å². The molecule has 3 rings (SSSR count). The first-order valence-electron chi connectivity index (χ1n) is 9.86. The van der Waals surface area contributed by atoms with E-state index in [4.69, 9.17) is 16.3 Å². The van der Waals surface area contributed by atoms with E-state index < -0.39 is 0 Å². The minimum absolute atomic E-state index is 0.0283. The summed E-state index contributed by atoms with van der Waals surface area (Å²) in [4.78, 5) is 28.4. The lowest BCUT2D eigenvalue weighted by Gasteiger charge is -2.31. The van der Waals surface area contributed by atoms with Gasteiger partial charge in [-0.1, -0.05) is 49.7 Å². The average Bonchev–Trinajstić information content (AvgIpc) is 3.17. The summed E-state index contributed by atoms with van der Waals surface area (Å²) in [7, 11) is 0. The molecule has 0 aromatic heterocycles. The number of carbonyl (C=O) groups is 2. The SMILES string of the molecule is CCN(CC)C(CNC(=O)c1cccc(N2CCOC2=O)c1)c1ccccc1Cl. The molecule has 0 radical (unpaired) electrons. The first kappa shape index (κ1) is 21.1. The van der Waals surface area contributed by atoms with Gasteiger partial charge in [0.15, 0.2) is 0 Å². The number of amides is 2. The molecule has 7 heteroatoms. The normalized spacial score (nSPS) is 14.8. The van der Waals surface area contributed by atoms with Crippen molar-refractivity contribution in [2.75, 3.05) is 37.7 Å². The van der Waals surface area contributed by atoms with Crippen LogP contribution in [0.15, 0.2) is 48.5 Å². The van der Waals surface area contributed by atoms with Crippen LogP contribution in [0.3, 0.4) is 0 Å². The summed E-state index contributed by atoms with van der Waals surface area (Å²) in [6.45, 7) is 7.14. The first-order chi connectivity index (χ1) is 14.0. The molecule has 1 atom stereocenters. The Bertz CT molecular complexity index is 870. The molecule has 0 saturated carbocycles. The number of nitrogens with zero attached hydrogens (tertiary/aromatic N) is 2. The minimum atomic E-state index is -0.386. The van der Waals surface area contributed by atoms with Crippen LogP contribution in [-0.2, 0) is 4.74 Å². The van der Waals surface area contributed by atoms with Crippen LogP contribution in [-0.4, -0.2) is 49.7 Å². The van der Waals surface area contributed by atoms with Crippen molar-refractivity contribution in [3.63, 3.8) is 0 Å². The van der Waals surface area contributed by atoms with Gasteiger partial charge in [-0.2, -0.15) is 0 Å². The van der Waals surface area contributed by atoms with Gasteiger partial charge in [-0.25, -0.2) is 4.79 Å². The molecule has 2 amide bonds. The molecular formula is C22H26ClN3O3. The lowest BCUT2D eigenvalue weighted by Crippen LogP contribution is -2.38. The Kier molecular flexibility index (Phi) is 7.12. The molecular weight excluding hydrogens is 390 g/mol. The van der Waals surface area contributed by atoms with E-state index in [1.807, 2.05) is 24.3 Å². The predicted molar refractivity (Wildman–Crippen MR) is 115 cm³/mol. The van der Waals surface area contributed by atoms with E-state index in [2.05, 4.69) is 24.1 Å². The molecule has 2 aromatic carbocycles. The average molecular weight is 416 g/mol. The summed E-state index contributed by atoms with van der Waals surface area (Å²) < 4.78 is 4.98. The van der Waals surface area contributed by atoms with Gasteiger partial charge < -0.3 is 10.1 Å². The van der Waals surface area contributed by atoms with E-state index in [9.17, 15) is 9.59 Å². The standard InChI is InChI=1S/C22H26ClN3O3/c1-3-25(4-2)20(18-10-5-6-11-19(18)23)15-24-21(27)16-8-7-9-17(14-16)26-12-13-29-22(26)28/h5-11,14,20H,3-4,12-13,15H2,1-2H3,(H,24,27). The molecule has 1 aliphatic rings. The number of hydrogen-bond donors (Lipinski definition) is 1. The maximum Gasteiger partial charge on any atom is 0.414 e. The molecule has 1 heterocycles. The van der Waals surface area contributed by atoms with Crippen molar-refractivity contribution in [1.29, 1.82) is 0 Å². The van der Waals surface area contributed by atoms with Crippen LogP contribution >= 0.6 is 11.6 Å². The third-order valence-electron chi connectivity index (χ3n) is 5.15. The van der Waals surface area contributed by atoms with Crippen LogP contribution in [0.5, 0.6) is 0 Å². The topological polar surface area (TPSA) is 61.9 Å². The summed E-state index contributed by atoms with van der Waals surface area (Å²) >= 11 is 6.43. The van der Waals surface area contributed by atoms with Gasteiger partial charge in [0.2, 0.25) is 0 Å². The lowest BCUT2D eigenvalue weighted by atomic mass is 10.0. The Morgan fingerprint density at radius 1 is 1.21 bits per heavy atom. The molecule has 2 aromatic rings. The summed E-state index contributed by atoms with van der Waals surface area (Å²) in [5.41, 5.74) is 2.15. The highest BCUT2D eigenvalue weighted by molar-refractivity contribution is 6.31. The molecule has 1 fully saturated rings. The van der Waals surface area contributed by atoms with Crippen molar-refractivity contribution >= 4 is 29.3 Å². The van der Waals surface area contributed by atoms with Crippen LogP contribution in [0.4, 0.5) is 10.5 Å². The maximum absolute atomic E-state index is 12.8. The Labute approximate surface area is 176 Å². The van der Waals surface area contributed by atoms with Gasteiger partial charge in [-0.15, -0.1) is 0 Å². The highest BCUT2D eigenvalue weighted by atomic mass is 35.5. The predicted octanol–water partition coefficient (Wildman–Crippen LogP) is 4.11. The van der Waals surface area contributed by atoms with Gasteiger partial charge in [0.25, 0.3) is 5.91 Å². The van der Waals surface area contributed by atoms with Crippen molar-refractivity contribution in [1.82, 2.24) is 10.2 Å². The molecule has 1 aliphatic heterocycles. The van der Waals surface area contributed by atoms with E-state index in [0.29, 0.717) is 36.0 Å². The zero-order valence-corrected chi connectivity index (χ0v) is 17.5. The quantitative estimate of drug-likeness (QED) is 0.704. The van der Waals surface area contributed by atoms with Gasteiger partial charge in [0, 0.05) is 22.8 Å². The lowest BCUT2D eigenvalue weighted by molar-refractivity contribution is 0.0935. The molecule has 6 nitrogen and oxygen atoms in total. The molecule has 154 valence electrons. The Hall–Kier alpha value is -2.57. The number of rotatable bonds is 8. The highest BCUT2D eigenvalue weighted by Gasteiger charge is 2.25. The summed E-state index contributed by atoms with van der Waals surface area (Å²) in [6, 6.07) is 14.7. The number of hydrogen-bond acceptors (Lipinski definition) is 4. The third-order valence-corrected chi connectivity index (χ3v) is 5.50. The zero-order valence-electron chi connectivity index (χ0n) is 16.7. The number of likely N-dealkylation sites (N-methyl/N-ethyl adjacent to an activating group) is 1. The fraction of sp³-hybridized carbons (Fsp3) is 0.364. The van der Waals surface area contributed by atoms with Crippen LogP contribution in [0, 0.1) is 0 Å². The fourth-order valence-electron chi connectivity index (χ4n) is 3.58. The molecule has 0 spiro atoms. The van der Waals surface area contributed by atoms with Crippen molar-refractivity contribution in [3.8, 4) is 0 Å². The minimum Gasteiger partial charge on any atom is -0.447 e. The van der Waals surface area contributed by atoms with E-state index in [1.165, 1.54) is 4.90 Å². The summed E-state index contributed by atoms with van der Waals surface area (Å²) in [5, 5.41) is 3.72. The largest absolute Gasteiger partial charge is 0.447 e. The molecule has 0 aliphatic carbocycles. The van der Waals surface area contributed by atoms with E-state index in [0.717, 1.165) is 18.7 Å². The van der Waals surface area contributed by atoms with Crippen molar-refractivity contribution < 1.29 is 14.3 Å². The van der Waals surface area contributed by atoms with Gasteiger partial charge >= 0.3 is 6.09 Å². The number of anilines is 1. The summed E-state index contributed by atoms with van der Waals surface area (Å²) in [6.07, 6.45) is -0.386.